The van der Waals surface area contributed by atoms with Gasteiger partial charge in [-0.2, -0.15) is 0 Å². The maximum absolute atomic E-state index is 11.5. The number of aliphatic hydroxyl groups excluding tert-OH is 3. The number of methoxy groups -OCH3 is 2. The van der Waals surface area contributed by atoms with Gasteiger partial charge in [-0.15, -0.1) is 0 Å². The van der Waals surface area contributed by atoms with Crippen molar-refractivity contribution in [3.8, 4) is 17.2 Å². The third kappa shape index (κ3) is 3.56. The SMILES string of the molecule is COc1cc(C(C)=O)cc(OC)c1O[C@@H]1OC[C@@H](O)[C@H](O)[C@H]1O. The van der Waals surface area contributed by atoms with E-state index >= 15 is 0 Å². The standard InChI is InChI=1S/C15H20O8/c1-7(16)8-4-10(20-2)14(11(5-8)21-3)23-15-13(19)12(18)9(17)6-22-15/h4-5,9,12-13,15,17-19H,6H2,1-3H3/t9-,12+,13-,15+/m1/s1. The second-order valence-electron chi connectivity index (χ2n) is 5.13. The van der Waals surface area contributed by atoms with E-state index in [9.17, 15) is 20.1 Å². The molecule has 128 valence electrons. The van der Waals surface area contributed by atoms with Crippen LogP contribution in [0.1, 0.15) is 17.3 Å². The van der Waals surface area contributed by atoms with Gasteiger partial charge in [-0.25, -0.2) is 0 Å². The zero-order valence-corrected chi connectivity index (χ0v) is 13.1. The Morgan fingerprint density at radius 2 is 1.70 bits per heavy atom. The summed E-state index contributed by atoms with van der Waals surface area (Å²) in [6, 6.07) is 2.95. The Labute approximate surface area is 133 Å². The lowest BCUT2D eigenvalue weighted by Crippen LogP contribution is -2.54. The lowest BCUT2D eigenvalue weighted by Gasteiger charge is -2.35. The van der Waals surface area contributed by atoms with Crippen molar-refractivity contribution in [2.75, 3.05) is 20.8 Å². The molecule has 0 aliphatic carbocycles. The van der Waals surface area contributed by atoms with Gasteiger partial charge in [0.2, 0.25) is 12.0 Å². The van der Waals surface area contributed by atoms with Crippen molar-refractivity contribution in [1.29, 1.82) is 0 Å². The highest BCUT2D eigenvalue weighted by Gasteiger charge is 2.39. The predicted molar refractivity (Wildman–Crippen MR) is 77.9 cm³/mol. The third-order valence-electron chi connectivity index (χ3n) is 3.56. The van der Waals surface area contributed by atoms with E-state index in [0.29, 0.717) is 5.56 Å². The van der Waals surface area contributed by atoms with Crippen LogP contribution in [0.3, 0.4) is 0 Å². The summed E-state index contributed by atoms with van der Waals surface area (Å²) in [6.45, 7) is 1.21. The average molecular weight is 328 g/mol. The number of ether oxygens (including phenoxy) is 4. The van der Waals surface area contributed by atoms with Crippen molar-refractivity contribution in [3.05, 3.63) is 17.7 Å². The zero-order chi connectivity index (χ0) is 17.1. The molecule has 1 aliphatic heterocycles. The third-order valence-corrected chi connectivity index (χ3v) is 3.56. The van der Waals surface area contributed by atoms with Crippen LogP contribution in [0.5, 0.6) is 17.2 Å². The molecular formula is C15H20O8. The van der Waals surface area contributed by atoms with Gasteiger partial charge in [-0.1, -0.05) is 0 Å². The molecule has 1 fully saturated rings. The fourth-order valence-corrected chi connectivity index (χ4v) is 2.20. The molecule has 3 N–H and O–H groups in total. The summed E-state index contributed by atoms with van der Waals surface area (Å²) in [5, 5.41) is 29.1. The summed E-state index contributed by atoms with van der Waals surface area (Å²) < 4.78 is 21.1. The van der Waals surface area contributed by atoms with Gasteiger partial charge in [0.25, 0.3) is 0 Å². The smallest absolute Gasteiger partial charge is 0.229 e. The van der Waals surface area contributed by atoms with E-state index in [1.807, 2.05) is 0 Å². The number of carbonyl (C=O) groups excluding carboxylic acids is 1. The molecule has 1 aromatic carbocycles. The molecule has 23 heavy (non-hydrogen) atoms. The van der Waals surface area contributed by atoms with Crippen LogP contribution >= 0.6 is 0 Å². The summed E-state index contributed by atoms with van der Waals surface area (Å²) >= 11 is 0. The largest absolute Gasteiger partial charge is 0.493 e. The monoisotopic (exact) mass is 328 g/mol. The number of benzene rings is 1. The minimum Gasteiger partial charge on any atom is -0.493 e. The molecule has 0 unspecified atom stereocenters. The Balaban J connectivity index is 2.33. The van der Waals surface area contributed by atoms with Gasteiger partial charge in [0.05, 0.1) is 20.8 Å². The normalized spacial score (nSPS) is 27.4. The molecule has 8 heteroatoms. The molecule has 0 spiro atoms. The van der Waals surface area contributed by atoms with Crippen LogP contribution in [-0.4, -0.2) is 66.5 Å². The molecule has 0 bridgehead atoms. The van der Waals surface area contributed by atoms with E-state index in [2.05, 4.69) is 0 Å². The van der Waals surface area contributed by atoms with Gasteiger partial charge >= 0.3 is 0 Å². The number of hydrogen-bond donors (Lipinski definition) is 3. The number of carbonyl (C=O) groups is 1. The molecule has 8 nitrogen and oxygen atoms in total. The summed E-state index contributed by atoms with van der Waals surface area (Å²) in [4.78, 5) is 11.5. The van der Waals surface area contributed by atoms with Crippen molar-refractivity contribution >= 4 is 5.78 Å². The maximum atomic E-state index is 11.5. The lowest BCUT2D eigenvalue weighted by molar-refractivity contribution is -0.242. The van der Waals surface area contributed by atoms with Crippen molar-refractivity contribution < 1.29 is 39.1 Å². The van der Waals surface area contributed by atoms with Crippen LogP contribution in [0.4, 0.5) is 0 Å². The molecule has 0 radical (unpaired) electrons. The first-order valence-corrected chi connectivity index (χ1v) is 6.98. The van der Waals surface area contributed by atoms with Crippen molar-refractivity contribution in [2.24, 2.45) is 0 Å². The van der Waals surface area contributed by atoms with Crippen LogP contribution in [0, 0.1) is 0 Å². The van der Waals surface area contributed by atoms with Crippen molar-refractivity contribution in [1.82, 2.24) is 0 Å². The molecule has 1 aromatic rings. The van der Waals surface area contributed by atoms with Gasteiger partial charge in [-0.05, 0) is 19.1 Å². The average Bonchev–Trinajstić information content (AvgIpc) is 2.54. The van der Waals surface area contributed by atoms with E-state index in [1.165, 1.54) is 33.3 Å². The quantitative estimate of drug-likeness (QED) is 0.633. The van der Waals surface area contributed by atoms with Crippen LogP contribution < -0.4 is 14.2 Å². The van der Waals surface area contributed by atoms with Crippen LogP contribution in [0.25, 0.3) is 0 Å². The fourth-order valence-electron chi connectivity index (χ4n) is 2.20. The van der Waals surface area contributed by atoms with Crippen molar-refractivity contribution in [2.45, 2.75) is 31.5 Å². The van der Waals surface area contributed by atoms with Crippen LogP contribution in [0.15, 0.2) is 12.1 Å². The topological polar surface area (TPSA) is 115 Å². The fraction of sp³-hybridized carbons (Fsp3) is 0.533. The first kappa shape index (κ1) is 17.5. The molecule has 1 saturated heterocycles. The summed E-state index contributed by atoms with van der Waals surface area (Å²) in [7, 11) is 2.78. The van der Waals surface area contributed by atoms with Gasteiger partial charge in [0.15, 0.2) is 17.3 Å². The van der Waals surface area contributed by atoms with E-state index in [1.54, 1.807) is 0 Å². The van der Waals surface area contributed by atoms with Gasteiger partial charge in [0, 0.05) is 5.56 Å². The summed E-state index contributed by atoms with van der Waals surface area (Å²) in [5.41, 5.74) is 0.367. The lowest BCUT2D eigenvalue weighted by atomic mass is 10.1. The van der Waals surface area contributed by atoms with E-state index in [0.717, 1.165) is 0 Å². The number of hydrogen-bond acceptors (Lipinski definition) is 8. The molecule has 4 atom stereocenters. The zero-order valence-electron chi connectivity index (χ0n) is 13.1. The predicted octanol–water partition coefficient (Wildman–Crippen LogP) is -0.276. The maximum Gasteiger partial charge on any atom is 0.229 e. The van der Waals surface area contributed by atoms with E-state index in [-0.39, 0.29) is 29.6 Å². The highest BCUT2D eigenvalue weighted by molar-refractivity contribution is 5.95. The van der Waals surface area contributed by atoms with E-state index < -0.39 is 24.6 Å². The van der Waals surface area contributed by atoms with Gasteiger partial charge in [-0.3, -0.25) is 4.79 Å². The minimum absolute atomic E-state index is 0.118. The van der Waals surface area contributed by atoms with Gasteiger partial charge in [0.1, 0.15) is 18.3 Å². The molecular weight excluding hydrogens is 308 g/mol. The Morgan fingerprint density at radius 1 is 1.13 bits per heavy atom. The first-order valence-electron chi connectivity index (χ1n) is 6.98. The highest BCUT2D eigenvalue weighted by Crippen LogP contribution is 2.40. The highest BCUT2D eigenvalue weighted by atomic mass is 16.7. The molecule has 0 aromatic heterocycles. The Bertz CT molecular complexity index is 548. The minimum atomic E-state index is -1.46. The molecule has 0 amide bonds. The second-order valence-corrected chi connectivity index (χ2v) is 5.13. The molecule has 2 rings (SSSR count). The van der Waals surface area contributed by atoms with Crippen molar-refractivity contribution in [3.63, 3.8) is 0 Å². The Hall–Kier alpha value is -1.87. The number of rotatable bonds is 5. The van der Waals surface area contributed by atoms with Crippen LogP contribution in [0.2, 0.25) is 0 Å². The number of Topliss-reactive ketones (excluding diaryl/α,β-unsaturated/α-hetero) is 1. The Kier molecular flexibility index (Phi) is 5.42. The molecule has 1 heterocycles. The number of ketones is 1. The second kappa shape index (κ2) is 7.14. The summed E-state index contributed by atoms with van der Waals surface area (Å²) in [5.74, 6) is 0.366. The molecule has 1 aliphatic rings. The Morgan fingerprint density at radius 3 is 2.17 bits per heavy atom. The van der Waals surface area contributed by atoms with Crippen LogP contribution in [-0.2, 0) is 4.74 Å². The first-order chi connectivity index (χ1) is 10.9. The molecule has 0 saturated carbocycles. The van der Waals surface area contributed by atoms with E-state index in [4.69, 9.17) is 18.9 Å². The number of aliphatic hydroxyl groups is 3. The summed E-state index contributed by atoms with van der Waals surface area (Å²) in [6.07, 6.45) is -5.28. The van der Waals surface area contributed by atoms with Gasteiger partial charge < -0.3 is 34.3 Å².